The first kappa shape index (κ1) is 8.42. The van der Waals surface area contributed by atoms with Gasteiger partial charge in [0.25, 0.3) is 0 Å². The number of nitrogens with two attached hydrogens (primary N) is 1. The van der Waals surface area contributed by atoms with E-state index in [1.165, 1.54) is 6.42 Å². The summed E-state index contributed by atoms with van der Waals surface area (Å²) in [5.74, 6) is 1.79. The Bertz CT molecular complexity index is 296. The minimum absolute atomic E-state index is 0.828. The number of nitrogens with one attached hydrogen (secondary N) is 1. The summed E-state index contributed by atoms with van der Waals surface area (Å²) in [6.45, 7) is 3.39. The van der Waals surface area contributed by atoms with Gasteiger partial charge in [0.15, 0.2) is 0 Å². The van der Waals surface area contributed by atoms with Crippen LogP contribution in [-0.4, -0.2) is 6.54 Å². The first-order valence-electron chi connectivity index (χ1n) is 4.85. The Morgan fingerprint density at radius 3 is 2.92 bits per heavy atom. The zero-order valence-electron chi connectivity index (χ0n) is 7.96. The van der Waals surface area contributed by atoms with Gasteiger partial charge in [0.2, 0.25) is 0 Å². The number of benzene rings is 1. The topological polar surface area (TPSA) is 38.0 Å². The Morgan fingerprint density at radius 2 is 2.31 bits per heavy atom. The van der Waals surface area contributed by atoms with E-state index < -0.39 is 0 Å². The fourth-order valence-corrected chi connectivity index (χ4v) is 1.58. The predicted molar refractivity (Wildman–Crippen MR) is 56.6 cm³/mol. The lowest BCUT2D eigenvalue weighted by atomic mass is 10.2. The smallest absolute Gasteiger partial charge is 0.0360 e. The molecule has 1 aliphatic carbocycles. The highest BCUT2D eigenvalue weighted by Crippen LogP contribution is 2.37. The van der Waals surface area contributed by atoms with Crippen LogP contribution in [-0.2, 0) is 0 Å². The lowest BCUT2D eigenvalue weighted by molar-refractivity contribution is 0.787. The highest BCUT2D eigenvalue weighted by Gasteiger charge is 2.31. The molecule has 0 amide bonds. The average molecular weight is 176 g/mol. The Labute approximate surface area is 79.1 Å². The molecule has 1 saturated carbocycles. The van der Waals surface area contributed by atoms with Crippen molar-refractivity contribution in [3.63, 3.8) is 0 Å². The molecule has 0 aliphatic heterocycles. The minimum Gasteiger partial charge on any atom is -0.399 e. The largest absolute Gasteiger partial charge is 0.399 e. The molecule has 0 bridgehead atoms. The monoisotopic (exact) mass is 176 g/mol. The van der Waals surface area contributed by atoms with Crippen molar-refractivity contribution in [3.8, 4) is 0 Å². The Balaban J connectivity index is 1.87. The molecule has 3 N–H and O–H groups in total. The second kappa shape index (κ2) is 3.29. The molecule has 2 heteroatoms. The van der Waals surface area contributed by atoms with Gasteiger partial charge in [-0.15, -0.1) is 0 Å². The van der Waals surface area contributed by atoms with Crippen LogP contribution in [0.3, 0.4) is 0 Å². The number of nitrogen functional groups attached to an aromatic ring is 1. The van der Waals surface area contributed by atoms with E-state index >= 15 is 0 Å². The van der Waals surface area contributed by atoms with E-state index in [2.05, 4.69) is 18.3 Å². The Kier molecular flexibility index (Phi) is 2.13. The maximum absolute atomic E-state index is 5.67. The maximum Gasteiger partial charge on any atom is 0.0360 e. The number of rotatable bonds is 3. The van der Waals surface area contributed by atoms with Crippen molar-refractivity contribution < 1.29 is 0 Å². The van der Waals surface area contributed by atoms with Crippen LogP contribution < -0.4 is 11.1 Å². The minimum atomic E-state index is 0.828. The third-order valence-corrected chi connectivity index (χ3v) is 2.73. The molecule has 1 aromatic rings. The zero-order chi connectivity index (χ0) is 9.26. The highest BCUT2D eigenvalue weighted by molar-refractivity contribution is 5.54. The molecule has 2 rings (SSSR count). The normalized spacial score (nSPS) is 25.6. The average Bonchev–Trinajstić information content (AvgIpc) is 2.79. The zero-order valence-corrected chi connectivity index (χ0v) is 7.96. The van der Waals surface area contributed by atoms with Crippen LogP contribution in [0.25, 0.3) is 0 Å². The summed E-state index contributed by atoms with van der Waals surface area (Å²) in [6, 6.07) is 7.93. The van der Waals surface area contributed by atoms with Crippen LogP contribution in [0.5, 0.6) is 0 Å². The summed E-state index contributed by atoms with van der Waals surface area (Å²) >= 11 is 0. The second-order valence-corrected chi connectivity index (χ2v) is 3.98. The molecule has 2 atom stereocenters. The quantitative estimate of drug-likeness (QED) is 0.694. The molecule has 13 heavy (non-hydrogen) atoms. The SMILES string of the molecule is CC1CC1CNc1cccc(N)c1. The fourth-order valence-electron chi connectivity index (χ4n) is 1.58. The highest BCUT2D eigenvalue weighted by atomic mass is 14.9. The molecule has 1 fully saturated rings. The molecule has 0 radical (unpaired) electrons. The van der Waals surface area contributed by atoms with Crippen LogP contribution in [0.2, 0.25) is 0 Å². The van der Waals surface area contributed by atoms with Crippen molar-refractivity contribution >= 4 is 11.4 Å². The maximum atomic E-state index is 5.67. The van der Waals surface area contributed by atoms with Gasteiger partial charge in [0.1, 0.15) is 0 Å². The van der Waals surface area contributed by atoms with E-state index in [1.807, 2.05) is 18.2 Å². The van der Waals surface area contributed by atoms with Gasteiger partial charge in [0.05, 0.1) is 0 Å². The van der Waals surface area contributed by atoms with E-state index in [4.69, 9.17) is 5.73 Å². The predicted octanol–water partition coefficient (Wildman–Crippen LogP) is 2.34. The van der Waals surface area contributed by atoms with Gasteiger partial charge in [-0.3, -0.25) is 0 Å². The van der Waals surface area contributed by atoms with Gasteiger partial charge in [-0.1, -0.05) is 13.0 Å². The van der Waals surface area contributed by atoms with Gasteiger partial charge >= 0.3 is 0 Å². The Morgan fingerprint density at radius 1 is 1.54 bits per heavy atom. The molecule has 70 valence electrons. The summed E-state index contributed by atoms with van der Waals surface area (Å²) in [7, 11) is 0. The summed E-state index contributed by atoms with van der Waals surface area (Å²) < 4.78 is 0. The second-order valence-electron chi connectivity index (χ2n) is 3.98. The standard InChI is InChI=1S/C11H16N2/c1-8-5-9(8)7-13-11-4-2-3-10(12)6-11/h2-4,6,8-9,13H,5,7,12H2,1H3. The Hall–Kier alpha value is -1.18. The van der Waals surface area contributed by atoms with Crippen molar-refractivity contribution in [2.24, 2.45) is 11.8 Å². The van der Waals surface area contributed by atoms with Crippen molar-refractivity contribution in [3.05, 3.63) is 24.3 Å². The van der Waals surface area contributed by atoms with Crippen LogP contribution in [0, 0.1) is 11.8 Å². The molecular formula is C11H16N2. The molecular weight excluding hydrogens is 160 g/mol. The van der Waals surface area contributed by atoms with Gasteiger partial charge in [-0.2, -0.15) is 0 Å². The van der Waals surface area contributed by atoms with E-state index in [0.717, 1.165) is 29.8 Å². The van der Waals surface area contributed by atoms with Crippen molar-refractivity contribution in [2.75, 3.05) is 17.6 Å². The fraction of sp³-hybridized carbons (Fsp3) is 0.455. The van der Waals surface area contributed by atoms with E-state index in [-0.39, 0.29) is 0 Å². The molecule has 1 aliphatic rings. The van der Waals surface area contributed by atoms with Crippen LogP contribution >= 0.6 is 0 Å². The summed E-state index contributed by atoms with van der Waals surface area (Å²) in [5, 5.41) is 3.40. The first-order chi connectivity index (χ1) is 6.25. The van der Waals surface area contributed by atoms with Gasteiger partial charge < -0.3 is 11.1 Å². The lowest BCUT2D eigenvalue weighted by Gasteiger charge is -2.05. The van der Waals surface area contributed by atoms with Crippen molar-refractivity contribution in [2.45, 2.75) is 13.3 Å². The third-order valence-electron chi connectivity index (χ3n) is 2.73. The molecule has 2 unspecified atom stereocenters. The van der Waals surface area contributed by atoms with Gasteiger partial charge in [-0.25, -0.2) is 0 Å². The number of hydrogen-bond donors (Lipinski definition) is 2. The summed E-state index contributed by atoms with van der Waals surface area (Å²) in [5.41, 5.74) is 7.63. The number of anilines is 2. The lowest BCUT2D eigenvalue weighted by Crippen LogP contribution is -2.04. The third kappa shape index (κ3) is 2.14. The molecule has 2 nitrogen and oxygen atoms in total. The van der Waals surface area contributed by atoms with Crippen molar-refractivity contribution in [1.82, 2.24) is 0 Å². The summed E-state index contributed by atoms with van der Waals surface area (Å²) in [6.07, 6.45) is 1.37. The van der Waals surface area contributed by atoms with Gasteiger partial charge in [0, 0.05) is 17.9 Å². The van der Waals surface area contributed by atoms with E-state index in [1.54, 1.807) is 0 Å². The van der Waals surface area contributed by atoms with Crippen LogP contribution in [0.4, 0.5) is 11.4 Å². The molecule has 0 spiro atoms. The first-order valence-corrected chi connectivity index (χ1v) is 4.85. The molecule has 0 saturated heterocycles. The summed E-state index contributed by atoms with van der Waals surface area (Å²) in [4.78, 5) is 0. The van der Waals surface area contributed by atoms with Gasteiger partial charge in [-0.05, 0) is 36.5 Å². The molecule has 0 heterocycles. The van der Waals surface area contributed by atoms with Crippen LogP contribution in [0.15, 0.2) is 24.3 Å². The number of hydrogen-bond acceptors (Lipinski definition) is 2. The van der Waals surface area contributed by atoms with E-state index in [0.29, 0.717) is 0 Å². The van der Waals surface area contributed by atoms with Crippen LogP contribution in [0.1, 0.15) is 13.3 Å². The van der Waals surface area contributed by atoms with Crippen molar-refractivity contribution in [1.29, 1.82) is 0 Å². The molecule has 0 aromatic heterocycles. The molecule has 1 aromatic carbocycles. The van der Waals surface area contributed by atoms with E-state index in [9.17, 15) is 0 Å².